The maximum absolute atomic E-state index is 12.9. The molecule has 0 aromatic carbocycles. The first kappa shape index (κ1) is 13.1. The Labute approximate surface area is 119 Å². The Morgan fingerprint density at radius 1 is 1.58 bits per heavy atom. The summed E-state index contributed by atoms with van der Waals surface area (Å²) in [4.78, 5) is 16.1. The summed E-state index contributed by atoms with van der Waals surface area (Å²) < 4.78 is 0. The molecule has 3 rings (SSSR count). The van der Waals surface area contributed by atoms with E-state index in [1.807, 2.05) is 11.9 Å². The number of hydrogen-bond donors (Lipinski definition) is 1. The number of nitrogens with one attached hydrogen (secondary N) is 1. The molecule has 4 heteroatoms. The highest BCUT2D eigenvalue weighted by Gasteiger charge is 2.50. The fourth-order valence-corrected chi connectivity index (χ4v) is 4.51. The average Bonchev–Trinajstić information content (AvgIpc) is 3.06. The molecule has 104 valence electrons. The number of rotatable bonds is 3. The van der Waals surface area contributed by atoms with Crippen LogP contribution in [0.25, 0.3) is 0 Å². The summed E-state index contributed by atoms with van der Waals surface area (Å²) in [5.41, 5.74) is -0.107. The van der Waals surface area contributed by atoms with Crippen LogP contribution in [0.4, 0.5) is 0 Å². The number of hydrogen-bond acceptors (Lipinski definition) is 3. The minimum Gasteiger partial charge on any atom is -0.340 e. The molecule has 0 radical (unpaired) electrons. The Balaban J connectivity index is 1.74. The van der Waals surface area contributed by atoms with Crippen LogP contribution in [0.15, 0.2) is 17.5 Å². The molecular weight excluding hydrogens is 256 g/mol. The molecule has 0 unspecified atom stereocenters. The Morgan fingerprint density at radius 3 is 3.26 bits per heavy atom. The third kappa shape index (κ3) is 2.32. The van der Waals surface area contributed by atoms with Gasteiger partial charge in [-0.2, -0.15) is 0 Å². The molecule has 1 amide bonds. The second-order valence-corrected chi connectivity index (χ2v) is 7.00. The van der Waals surface area contributed by atoms with E-state index < -0.39 is 0 Å². The van der Waals surface area contributed by atoms with Crippen molar-refractivity contribution in [3.8, 4) is 0 Å². The van der Waals surface area contributed by atoms with Crippen molar-refractivity contribution in [2.24, 2.45) is 11.3 Å². The smallest absolute Gasteiger partial charge is 0.230 e. The minimum atomic E-state index is -0.107. The van der Waals surface area contributed by atoms with Crippen LogP contribution >= 0.6 is 11.3 Å². The largest absolute Gasteiger partial charge is 0.340 e. The molecule has 3 nitrogen and oxygen atoms in total. The van der Waals surface area contributed by atoms with Crippen molar-refractivity contribution >= 4 is 17.2 Å². The number of thiophene rings is 1. The molecule has 1 N–H and O–H groups in total. The molecule has 1 aliphatic carbocycles. The van der Waals surface area contributed by atoms with Crippen LogP contribution < -0.4 is 5.32 Å². The fraction of sp³-hybridized carbons (Fsp3) is 0.667. The van der Waals surface area contributed by atoms with Crippen molar-refractivity contribution in [1.29, 1.82) is 0 Å². The number of carbonyl (C=O) groups excluding carboxylic acids is 1. The second-order valence-electron chi connectivity index (χ2n) is 5.97. The minimum absolute atomic E-state index is 0.107. The van der Waals surface area contributed by atoms with Crippen LogP contribution in [-0.4, -0.2) is 30.9 Å². The van der Waals surface area contributed by atoms with E-state index in [9.17, 15) is 4.79 Å². The van der Waals surface area contributed by atoms with Gasteiger partial charge in [-0.05, 0) is 36.8 Å². The van der Waals surface area contributed by atoms with Crippen molar-refractivity contribution in [2.45, 2.75) is 32.2 Å². The first-order chi connectivity index (χ1) is 9.22. The molecule has 2 atom stereocenters. The van der Waals surface area contributed by atoms with Crippen LogP contribution in [-0.2, 0) is 11.3 Å². The normalized spacial score (nSPS) is 30.1. The predicted octanol–water partition coefficient (Wildman–Crippen LogP) is 2.49. The van der Waals surface area contributed by atoms with Gasteiger partial charge in [0.2, 0.25) is 5.91 Å². The van der Waals surface area contributed by atoms with Crippen molar-refractivity contribution < 1.29 is 4.79 Å². The molecule has 1 aromatic heterocycles. The lowest BCUT2D eigenvalue weighted by Crippen LogP contribution is -2.48. The van der Waals surface area contributed by atoms with Crippen LogP contribution in [0, 0.1) is 11.3 Å². The molecule has 1 saturated carbocycles. The summed E-state index contributed by atoms with van der Waals surface area (Å²) in [5.74, 6) is 0.912. The Morgan fingerprint density at radius 2 is 2.47 bits per heavy atom. The van der Waals surface area contributed by atoms with Gasteiger partial charge in [-0.1, -0.05) is 18.9 Å². The van der Waals surface area contributed by atoms with Crippen LogP contribution in [0.3, 0.4) is 0 Å². The van der Waals surface area contributed by atoms with Crippen LogP contribution in [0.5, 0.6) is 0 Å². The Kier molecular flexibility index (Phi) is 3.63. The first-order valence-corrected chi connectivity index (χ1v) is 8.09. The number of fused-ring (bicyclic) bond motifs is 1. The van der Waals surface area contributed by atoms with E-state index in [0.29, 0.717) is 11.8 Å². The van der Waals surface area contributed by atoms with Gasteiger partial charge in [-0.3, -0.25) is 4.79 Å². The molecule has 0 spiro atoms. The van der Waals surface area contributed by atoms with Gasteiger partial charge in [0, 0.05) is 18.5 Å². The van der Waals surface area contributed by atoms with Gasteiger partial charge >= 0.3 is 0 Å². The highest BCUT2D eigenvalue weighted by molar-refractivity contribution is 7.09. The third-order valence-corrected chi connectivity index (χ3v) is 5.65. The Bertz CT molecular complexity index is 445. The lowest BCUT2D eigenvalue weighted by Gasteiger charge is -2.39. The van der Waals surface area contributed by atoms with Crippen LogP contribution in [0.1, 0.15) is 30.6 Å². The average molecular weight is 278 g/mol. The molecule has 0 bridgehead atoms. The molecule has 1 saturated heterocycles. The number of amides is 1. The monoisotopic (exact) mass is 278 g/mol. The summed E-state index contributed by atoms with van der Waals surface area (Å²) >= 11 is 1.73. The van der Waals surface area contributed by atoms with Gasteiger partial charge < -0.3 is 10.2 Å². The first-order valence-electron chi connectivity index (χ1n) is 7.21. The summed E-state index contributed by atoms with van der Waals surface area (Å²) in [7, 11) is 1.96. The van der Waals surface area contributed by atoms with Gasteiger partial charge in [0.05, 0.1) is 12.0 Å². The van der Waals surface area contributed by atoms with Crippen molar-refractivity contribution in [1.82, 2.24) is 10.2 Å². The molecule has 2 aliphatic rings. The maximum Gasteiger partial charge on any atom is 0.230 e. The molecule has 2 fully saturated rings. The zero-order valence-corrected chi connectivity index (χ0v) is 12.3. The highest BCUT2D eigenvalue weighted by atomic mass is 32.1. The Hall–Kier alpha value is -0.870. The van der Waals surface area contributed by atoms with E-state index >= 15 is 0 Å². The van der Waals surface area contributed by atoms with E-state index in [1.165, 1.54) is 24.1 Å². The SMILES string of the molecule is CN(Cc1cccs1)C(=O)[C@@]12CCCC[C@H]1CNC2. The van der Waals surface area contributed by atoms with Crippen LogP contribution in [0.2, 0.25) is 0 Å². The summed E-state index contributed by atoms with van der Waals surface area (Å²) in [6, 6.07) is 4.16. The topological polar surface area (TPSA) is 32.3 Å². The quantitative estimate of drug-likeness (QED) is 0.921. The van der Waals surface area contributed by atoms with E-state index in [-0.39, 0.29) is 5.41 Å². The predicted molar refractivity (Wildman–Crippen MR) is 78.1 cm³/mol. The van der Waals surface area contributed by atoms with Gasteiger partial charge in [-0.15, -0.1) is 11.3 Å². The van der Waals surface area contributed by atoms with Crippen molar-refractivity contribution in [3.05, 3.63) is 22.4 Å². The standard InChI is InChI=1S/C15H22N2OS/c1-17(10-13-6-4-8-19-13)14(18)15-7-3-2-5-12(15)9-16-11-15/h4,6,8,12,16H,2-3,5,7,9-11H2,1H3/t12-,15+/m0/s1. The highest BCUT2D eigenvalue weighted by Crippen LogP contribution is 2.45. The second kappa shape index (κ2) is 5.25. The van der Waals surface area contributed by atoms with Crippen molar-refractivity contribution in [2.75, 3.05) is 20.1 Å². The third-order valence-electron chi connectivity index (χ3n) is 4.78. The lowest BCUT2D eigenvalue weighted by atomic mass is 9.67. The van der Waals surface area contributed by atoms with Crippen molar-refractivity contribution in [3.63, 3.8) is 0 Å². The van der Waals surface area contributed by atoms with Gasteiger partial charge in [0.15, 0.2) is 0 Å². The van der Waals surface area contributed by atoms with Gasteiger partial charge in [0.25, 0.3) is 0 Å². The zero-order chi connectivity index (χ0) is 13.3. The van der Waals surface area contributed by atoms with Gasteiger partial charge in [0.1, 0.15) is 0 Å². The maximum atomic E-state index is 12.9. The zero-order valence-electron chi connectivity index (χ0n) is 11.5. The molecule has 19 heavy (non-hydrogen) atoms. The number of nitrogens with zero attached hydrogens (tertiary/aromatic N) is 1. The summed E-state index contributed by atoms with van der Waals surface area (Å²) in [5, 5.41) is 5.53. The summed E-state index contributed by atoms with van der Waals surface area (Å²) in [6.07, 6.45) is 4.77. The van der Waals surface area contributed by atoms with E-state index in [0.717, 1.165) is 26.1 Å². The molecule has 1 aromatic rings. The molecule has 2 heterocycles. The number of carbonyl (C=O) groups is 1. The van der Waals surface area contributed by atoms with Gasteiger partial charge in [-0.25, -0.2) is 0 Å². The lowest BCUT2D eigenvalue weighted by molar-refractivity contribution is -0.144. The molecular formula is C15H22N2OS. The fourth-order valence-electron chi connectivity index (χ4n) is 3.76. The van der Waals surface area contributed by atoms with E-state index in [1.54, 1.807) is 11.3 Å². The summed E-state index contributed by atoms with van der Waals surface area (Å²) in [6.45, 7) is 2.66. The molecule has 1 aliphatic heterocycles. The van der Waals surface area contributed by atoms with E-state index in [2.05, 4.69) is 22.8 Å². The van der Waals surface area contributed by atoms with E-state index in [4.69, 9.17) is 0 Å².